The lowest BCUT2D eigenvalue weighted by molar-refractivity contribution is -0.115. The number of aryl methyl sites for hydroxylation is 3. The van der Waals surface area contributed by atoms with Crippen LogP contribution in [0.2, 0.25) is 0 Å². The van der Waals surface area contributed by atoms with Crippen molar-refractivity contribution in [2.45, 2.75) is 24.0 Å². The number of hydrogen-bond donors (Lipinski definition) is 1. The fraction of sp³-hybridized carbons (Fsp3) is 0.263. The zero-order valence-electron chi connectivity index (χ0n) is 14.7. The normalized spacial score (nSPS) is 12.3. The molecule has 1 amide bonds. The van der Waals surface area contributed by atoms with Gasteiger partial charge in [0.1, 0.15) is 0 Å². The molecular formula is C19H21N3O2S. The molecule has 0 saturated heterocycles. The van der Waals surface area contributed by atoms with Crippen molar-refractivity contribution in [3.8, 4) is 0 Å². The summed E-state index contributed by atoms with van der Waals surface area (Å²) in [5.41, 5.74) is 3.44. The van der Waals surface area contributed by atoms with Crippen molar-refractivity contribution in [1.29, 1.82) is 0 Å². The molecule has 1 aromatic heterocycles. The van der Waals surface area contributed by atoms with E-state index in [4.69, 9.17) is 0 Å². The Morgan fingerprint density at radius 1 is 1.04 bits per heavy atom. The Balaban J connectivity index is 1.76. The van der Waals surface area contributed by atoms with Crippen LogP contribution in [0.5, 0.6) is 0 Å². The molecule has 0 fully saturated rings. The monoisotopic (exact) mass is 355 g/mol. The maximum absolute atomic E-state index is 12.5. The minimum Gasteiger partial charge on any atom is -0.325 e. The molecule has 0 saturated carbocycles. The SMILES string of the molecule is Cc1ccc(SC(C)C(=O)Nc2ccc3c(c2)n(C)c(=O)n3C)cc1. The Hall–Kier alpha value is -2.47. The van der Waals surface area contributed by atoms with E-state index >= 15 is 0 Å². The topological polar surface area (TPSA) is 56.0 Å². The molecule has 6 heteroatoms. The summed E-state index contributed by atoms with van der Waals surface area (Å²) in [5.74, 6) is -0.0640. The predicted molar refractivity (Wildman–Crippen MR) is 103 cm³/mol. The van der Waals surface area contributed by atoms with Gasteiger partial charge in [0.05, 0.1) is 16.3 Å². The van der Waals surface area contributed by atoms with Crippen molar-refractivity contribution in [2.75, 3.05) is 5.32 Å². The van der Waals surface area contributed by atoms with Crippen LogP contribution in [0.25, 0.3) is 11.0 Å². The second-order valence-electron chi connectivity index (χ2n) is 6.17. The molecule has 2 aromatic carbocycles. The zero-order valence-corrected chi connectivity index (χ0v) is 15.6. The highest BCUT2D eigenvalue weighted by Gasteiger charge is 2.15. The summed E-state index contributed by atoms with van der Waals surface area (Å²) < 4.78 is 3.17. The van der Waals surface area contributed by atoms with Gasteiger partial charge in [0.2, 0.25) is 5.91 Å². The van der Waals surface area contributed by atoms with E-state index in [-0.39, 0.29) is 16.8 Å². The van der Waals surface area contributed by atoms with Crippen molar-refractivity contribution in [3.63, 3.8) is 0 Å². The predicted octanol–water partition coefficient (Wildman–Crippen LogP) is 3.30. The number of aromatic nitrogens is 2. The third-order valence-electron chi connectivity index (χ3n) is 4.24. The summed E-state index contributed by atoms with van der Waals surface area (Å²) in [7, 11) is 3.47. The average Bonchev–Trinajstić information content (AvgIpc) is 2.81. The van der Waals surface area contributed by atoms with E-state index in [1.165, 1.54) is 17.3 Å². The third-order valence-corrected chi connectivity index (χ3v) is 5.35. The number of hydrogen-bond acceptors (Lipinski definition) is 3. The number of nitrogens with one attached hydrogen (secondary N) is 1. The molecule has 1 unspecified atom stereocenters. The number of nitrogens with zero attached hydrogens (tertiary/aromatic N) is 2. The number of carbonyl (C=O) groups is 1. The van der Waals surface area contributed by atoms with Gasteiger partial charge < -0.3 is 5.32 Å². The van der Waals surface area contributed by atoms with Gasteiger partial charge in [0.15, 0.2) is 0 Å². The number of fused-ring (bicyclic) bond motifs is 1. The number of imidazole rings is 1. The molecule has 5 nitrogen and oxygen atoms in total. The Kier molecular flexibility index (Phi) is 4.72. The molecule has 0 aliphatic carbocycles. The fourth-order valence-electron chi connectivity index (χ4n) is 2.70. The second kappa shape index (κ2) is 6.80. The number of benzene rings is 2. The zero-order chi connectivity index (χ0) is 18.1. The van der Waals surface area contributed by atoms with Crippen LogP contribution in [0.15, 0.2) is 52.2 Å². The molecule has 0 bridgehead atoms. The number of thioether (sulfide) groups is 1. The van der Waals surface area contributed by atoms with Crippen LogP contribution in [0, 0.1) is 6.92 Å². The van der Waals surface area contributed by atoms with Gasteiger partial charge in [-0.15, -0.1) is 11.8 Å². The van der Waals surface area contributed by atoms with Gasteiger partial charge >= 0.3 is 5.69 Å². The van der Waals surface area contributed by atoms with Gasteiger partial charge in [-0.2, -0.15) is 0 Å². The Morgan fingerprint density at radius 3 is 2.36 bits per heavy atom. The van der Waals surface area contributed by atoms with Crippen LogP contribution in [-0.4, -0.2) is 20.3 Å². The van der Waals surface area contributed by atoms with E-state index in [0.717, 1.165) is 15.9 Å². The number of rotatable bonds is 4. The van der Waals surface area contributed by atoms with Gasteiger partial charge in [-0.3, -0.25) is 13.9 Å². The van der Waals surface area contributed by atoms with Gasteiger partial charge in [0.25, 0.3) is 0 Å². The van der Waals surface area contributed by atoms with E-state index in [1.807, 2.05) is 56.3 Å². The molecule has 0 spiro atoms. The summed E-state index contributed by atoms with van der Waals surface area (Å²) >= 11 is 1.52. The molecule has 25 heavy (non-hydrogen) atoms. The maximum Gasteiger partial charge on any atom is 0.328 e. The number of carbonyl (C=O) groups excluding carboxylic acids is 1. The molecule has 130 valence electrons. The average molecular weight is 355 g/mol. The van der Waals surface area contributed by atoms with Gasteiger partial charge in [0, 0.05) is 24.7 Å². The smallest absolute Gasteiger partial charge is 0.325 e. The van der Waals surface area contributed by atoms with Gasteiger partial charge in [-0.1, -0.05) is 17.7 Å². The number of anilines is 1. The van der Waals surface area contributed by atoms with Gasteiger partial charge in [-0.25, -0.2) is 4.79 Å². The molecule has 1 heterocycles. The van der Waals surface area contributed by atoms with Crippen molar-refractivity contribution >= 4 is 34.4 Å². The molecular weight excluding hydrogens is 334 g/mol. The Labute approximate surface area is 150 Å². The van der Waals surface area contributed by atoms with Crippen LogP contribution < -0.4 is 11.0 Å². The lowest BCUT2D eigenvalue weighted by Gasteiger charge is -2.12. The third kappa shape index (κ3) is 3.49. The minimum atomic E-state index is -0.224. The van der Waals surface area contributed by atoms with Crippen LogP contribution in [0.4, 0.5) is 5.69 Å². The lowest BCUT2D eigenvalue weighted by atomic mass is 10.2. The molecule has 0 radical (unpaired) electrons. The van der Waals surface area contributed by atoms with Crippen molar-refractivity contribution in [2.24, 2.45) is 14.1 Å². The molecule has 0 aliphatic rings. The maximum atomic E-state index is 12.5. The van der Waals surface area contributed by atoms with E-state index in [1.54, 1.807) is 23.2 Å². The quantitative estimate of drug-likeness (QED) is 0.731. The number of amides is 1. The van der Waals surface area contributed by atoms with E-state index < -0.39 is 0 Å². The first-order valence-corrected chi connectivity index (χ1v) is 8.94. The van der Waals surface area contributed by atoms with Crippen LogP contribution in [0.3, 0.4) is 0 Å². The molecule has 1 atom stereocenters. The highest BCUT2D eigenvalue weighted by Crippen LogP contribution is 2.25. The molecule has 3 rings (SSSR count). The van der Waals surface area contributed by atoms with E-state index in [9.17, 15) is 9.59 Å². The van der Waals surface area contributed by atoms with Gasteiger partial charge in [-0.05, 0) is 44.2 Å². The van der Waals surface area contributed by atoms with Crippen molar-refractivity contribution in [1.82, 2.24) is 9.13 Å². The molecule has 0 aliphatic heterocycles. The van der Waals surface area contributed by atoms with E-state index in [2.05, 4.69) is 5.32 Å². The molecule has 3 aromatic rings. The first-order valence-electron chi connectivity index (χ1n) is 8.06. The summed E-state index contributed by atoms with van der Waals surface area (Å²) in [4.78, 5) is 25.5. The van der Waals surface area contributed by atoms with Crippen LogP contribution in [0.1, 0.15) is 12.5 Å². The summed E-state index contributed by atoms with van der Waals surface area (Å²) in [6, 6.07) is 13.6. The summed E-state index contributed by atoms with van der Waals surface area (Å²) in [6.07, 6.45) is 0. The highest BCUT2D eigenvalue weighted by molar-refractivity contribution is 8.00. The first kappa shape index (κ1) is 17.4. The van der Waals surface area contributed by atoms with Crippen molar-refractivity contribution in [3.05, 3.63) is 58.5 Å². The summed E-state index contributed by atoms with van der Waals surface area (Å²) in [5, 5.41) is 2.71. The fourth-order valence-corrected chi connectivity index (χ4v) is 3.57. The molecule has 1 N–H and O–H groups in total. The second-order valence-corrected chi connectivity index (χ2v) is 7.58. The first-order chi connectivity index (χ1) is 11.9. The minimum absolute atomic E-state index is 0.0640. The largest absolute Gasteiger partial charge is 0.328 e. The Bertz CT molecular complexity index is 986. The highest BCUT2D eigenvalue weighted by atomic mass is 32.2. The lowest BCUT2D eigenvalue weighted by Crippen LogP contribution is -2.22. The Morgan fingerprint density at radius 2 is 1.68 bits per heavy atom. The summed E-state index contributed by atoms with van der Waals surface area (Å²) in [6.45, 7) is 3.92. The van der Waals surface area contributed by atoms with Crippen LogP contribution >= 0.6 is 11.8 Å². The van der Waals surface area contributed by atoms with E-state index in [0.29, 0.717) is 5.69 Å². The van der Waals surface area contributed by atoms with Crippen LogP contribution in [-0.2, 0) is 18.9 Å². The van der Waals surface area contributed by atoms with Crippen molar-refractivity contribution < 1.29 is 4.79 Å². The standard InChI is InChI=1S/C19H21N3O2S/c1-12-5-8-15(9-6-12)25-13(2)18(23)20-14-7-10-16-17(11-14)22(4)19(24)21(16)3/h5-11,13H,1-4H3,(H,20,23).